The Morgan fingerprint density at radius 3 is 1.76 bits per heavy atom. The second kappa shape index (κ2) is 7.62. The van der Waals surface area contributed by atoms with Gasteiger partial charge in [0, 0.05) is 28.8 Å². The van der Waals surface area contributed by atoms with Crippen molar-refractivity contribution in [3.05, 3.63) is 89.7 Å². The van der Waals surface area contributed by atoms with Gasteiger partial charge in [0.15, 0.2) is 24.7 Å². The first-order valence-electron chi connectivity index (χ1n) is 8.00. The molecule has 4 heteroatoms. The van der Waals surface area contributed by atoms with Crippen molar-refractivity contribution in [3.8, 4) is 11.5 Å². The summed E-state index contributed by atoms with van der Waals surface area (Å²) >= 11 is 0. The minimum absolute atomic E-state index is 0.000694. The van der Waals surface area contributed by atoms with E-state index >= 15 is 0 Å². The molecule has 1 aromatic heterocycles. The molecular formula is C21H20NO3+. The summed E-state index contributed by atoms with van der Waals surface area (Å²) in [7, 11) is 3.26. The molecule has 0 aliphatic rings. The Kier molecular flexibility index (Phi) is 5.09. The number of pyridine rings is 1. The van der Waals surface area contributed by atoms with E-state index in [4.69, 9.17) is 9.47 Å². The smallest absolute Gasteiger partial charge is 0.193 e. The van der Waals surface area contributed by atoms with E-state index in [1.54, 1.807) is 38.5 Å². The SMILES string of the molecule is COc1ccc(C[n+]2ccc(C(=O)c3ccc(OC)cc3)cc2)cc1. The van der Waals surface area contributed by atoms with Gasteiger partial charge < -0.3 is 9.47 Å². The summed E-state index contributed by atoms with van der Waals surface area (Å²) in [5.74, 6) is 1.58. The number of rotatable bonds is 6. The van der Waals surface area contributed by atoms with Crippen molar-refractivity contribution in [2.45, 2.75) is 6.54 Å². The van der Waals surface area contributed by atoms with Crippen LogP contribution >= 0.6 is 0 Å². The Morgan fingerprint density at radius 1 is 0.760 bits per heavy atom. The highest BCUT2D eigenvalue weighted by Gasteiger charge is 2.11. The van der Waals surface area contributed by atoms with E-state index in [1.165, 1.54) is 5.56 Å². The number of aromatic nitrogens is 1. The molecule has 0 unspecified atom stereocenters. The van der Waals surface area contributed by atoms with E-state index in [0.29, 0.717) is 11.1 Å². The number of methoxy groups -OCH3 is 2. The van der Waals surface area contributed by atoms with Gasteiger partial charge in [-0.15, -0.1) is 0 Å². The van der Waals surface area contributed by atoms with Crippen LogP contribution in [0.4, 0.5) is 0 Å². The molecule has 3 rings (SSSR count). The molecule has 1 heterocycles. The minimum Gasteiger partial charge on any atom is -0.497 e. The lowest BCUT2D eigenvalue weighted by Crippen LogP contribution is -2.33. The number of hydrogen-bond acceptors (Lipinski definition) is 3. The third-order valence-electron chi connectivity index (χ3n) is 4.03. The highest BCUT2D eigenvalue weighted by atomic mass is 16.5. The van der Waals surface area contributed by atoms with Crippen molar-refractivity contribution in [1.29, 1.82) is 0 Å². The summed E-state index contributed by atoms with van der Waals surface area (Å²) in [6.45, 7) is 0.737. The summed E-state index contributed by atoms with van der Waals surface area (Å²) in [6.07, 6.45) is 3.84. The molecule has 0 atom stereocenters. The average molecular weight is 334 g/mol. The molecular weight excluding hydrogens is 314 g/mol. The van der Waals surface area contributed by atoms with E-state index in [9.17, 15) is 4.79 Å². The second-order valence-corrected chi connectivity index (χ2v) is 5.66. The van der Waals surface area contributed by atoms with Gasteiger partial charge >= 0.3 is 0 Å². The van der Waals surface area contributed by atoms with Crippen molar-refractivity contribution in [1.82, 2.24) is 0 Å². The molecule has 0 amide bonds. The van der Waals surface area contributed by atoms with Crippen LogP contribution in [0.15, 0.2) is 73.1 Å². The van der Waals surface area contributed by atoms with E-state index < -0.39 is 0 Å². The highest BCUT2D eigenvalue weighted by Crippen LogP contribution is 2.15. The van der Waals surface area contributed by atoms with Gasteiger partial charge in [-0.1, -0.05) is 0 Å². The van der Waals surface area contributed by atoms with Crippen LogP contribution in [0.2, 0.25) is 0 Å². The van der Waals surface area contributed by atoms with Crippen LogP contribution in [0, 0.1) is 0 Å². The van der Waals surface area contributed by atoms with Crippen LogP contribution in [0.3, 0.4) is 0 Å². The fourth-order valence-corrected chi connectivity index (χ4v) is 2.56. The Hall–Kier alpha value is -3.14. The molecule has 4 nitrogen and oxygen atoms in total. The van der Waals surface area contributed by atoms with E-state index in [-0.39, 0.29) is 5.78 Å². The Balaban J connectivity index is 1.71. The van der Waals surface area contributed by atoms with Gasteiger partial charge in [-0.3, -0.25) is 4.79 Å². The number of ether oxygens (including phenoxy) is 2. The highest BCUT2D eigenvalue weighted by molar-refractivity contribution is 6.08. The Bertz CT molecular complexity index is 838. The van der Waals surface area contributed by atoms with E-state index in [2.05, 4.69) is 0 Å². The second-order valence-electron chi connectivity index (χ2n) is 5.66. The number of nitrogens with zero attached hydrogens (tertiary/aromatic N) is 1. The minimum atomic E-state index is -0.000694. The first kappa shape index (κ1) is 16.7. The average Bonchev–Trinajstić information content (AvgIpc) is 2.69. The van der Waals surface area contributed by atoms with Crippen LogP contribution in [-0.4, -0.2) is 20.0 Å². The predicted molar refractivity (Wildman–Crippen MR) is 95.2 cm³/mol. The molecule has 0 spiro atoms. The molecule has 0 radical (unpaired) electrons. The molecule has 0 aliphatic heterocycles. The number of ketones is 1. The third kappa shape index (κ3) is 4.04. The number of benzene rings is 2. The summed E-state index contributed by atoms with van der Waals surface area (Å²) in [5, 5.41) is 0. The lowest BCUT2D eigenvalue weighted by atomic mass is 10.0. The van der Waals surface area contributed by atoms with Crippen molar-refractivity contribution >= 4 is 5.78 Å². The summed E-state index contributed by atoms with van der Waals surface area (Å²) in [5.41, 5.74) is 2.48. The normalized spacial score (nSPS) is 10.3. The molecule has 0 bridgehead atoms. The quantitative estimate of drug-likeness (QED) is 0.513. The molecule has 0 saturated heterocycles. The van der Waals surface area contributed by atoms with Crippen molar-refractivity contribution in [3.63, 3.8) is 0 Å². The summed E-state index contributed by atoms with van der Waals surface area (Å²) < 4.78 is 12.3. The molecule has 25 heavy (non-hydrogen) atoms. The maximum atomic E-state index is 12.5. The standard InChI is InChI=1S/C21H20NO3/c1-24-19-7-3-16(4-8-19)15-22-13-11-18(12-14-22)21(23)17-5-9-20(25-2)10-6-17/h3-14H,15H2,1-2H3/q+1. The van der Waals surface area contributed by atoms with E-state index in [1.807, 2.05) is 53.4 Å². The molecule has 2 aromatic carbocycles. The molecule has 126 valence electrons. The zero-order valence-corrected chi connectivity index (χ0v) is 14.3. The molecule has 0 N–H and O–H groups in total. The third-order valence-corrected chi connectivity index (χ3v) is 4.03. The zero-order chi connectivity index (χ0) is 17.6. The van der Waals surface area contributed by atoms with Gasteiger partial charge in [-0.25, -0.2) is 4.57 Å². The lowest BCUT2D eigenvalue weighted by molar-refractivity contribution is -0.688. The maximum Gasteiger partial charge on any atom is 0.193 e. The Morgan fingerprint density at radius 2 is 1.24 bits per heavy atom. The number of carbonyl (C=O) groups is 1. The van der Waals surface area contributed by atoms with Gasteiger partial charge in [-0.05, 0) is 48.5 Å². The monoisotopic (exact) mass is 334 g/mol. The van der Waals surface area contributed by atoms with Crippen molar-refractivity contribution in [2.75, 3.05) is 14.2 Å². The van der Waals surface area contributed by atoms with Crippen molar-refractivity contribution in [2.24, 2.45) is 0 Å². The molecule has 3 aromatic rings. The first-order chi connectivity index (χ1) is 12.2. The molecule has 0 aliphatic carbocycles. The van der Waals surface area contributed by atoms with Crippen LogP contribution in [0.5, 0.6) is 11.5 Å². The van der Waals surface area contributed by atoms with Gasteiger partial charge in [0.05, 0.1) is 14.2 Å². The molecule has 0 fully saturated rings. The van der Waals surface area contributed by atoms with Crippen molar-refractivity contribution < 1.29 is 18.8 Å². The van der Waals surface area contributed by atoms with Crippen LogP contribution in [0.1, 0.15) is 21.5 Å². The van der Waals surface area contributed by atoms with Gasteiger partial charge in [-0.2, -0.15) is 0 Å². The van der Waals surface area contributed by atoms with Gasteiger partial charge in [0.25, 0.3) is 0 Å². The van der Waals surface area contributed by atoms with Crippen LogP contribution in [0.25, 0.3) is 0 Å². The fourth-order valence-electron chi connectivity index (χ4n) is 2.56. The van der Waals surface area contributed by atoms with Gasteiger partial charge in [0.1, 0.15) is 11.5 Å². The fraction of sp³-hybridized carbons (Fsp3) is 0.143. The number of carbonyl (C=O) groups excluding carboxylic acids is 1. The first-order valence-corrected chi connectivity index (χ1v) is 8.00. The Labute approximate surface area is 147 Å². The predicted octanol–water partition coefficient (Wildman–Crippen LogP) is 3.27. The van der Waals surface area contributed by atoms with Crippen LogP contribution < -0.4 is 14.0 Å². The molecule has 0 saturated carbocycles. The maximum absolute atomic E-state index is 12.5. The lowest BCUT2D eigenvalue weighted by Gasteiger charge is -2.04. The zero-order valence-electron chi connectivity index (χ0n) is 14.3. The van der Waals surface area contributed by atoms with Crippen LogP contribution in [-0.2, 0) is 6.54 Å². The van der Waals surface area contributed by atoms with E-state index in [0.717, 1.165) is 18.0 Å². The topological polar surface area (TPSA) is 39.4 Å². The number of hydrogen-bond donors (Lipinski definition) is 0. The largest absolute Gasteiger partial charge is 0.497 e. The summed E-state index contributed by atoms with van der Waals surface area (Å²) in [6, 6.07) is 18.8. The van der Waals surface area contributed by atoms with Gasteiger partial charge in [0.2, 0.25) is 0 Å². The summed E-state index contributed by atoms with van der Waals surface area (Å²) in [4.78, 5) is 12.5.